The molecule has 0 saturated heterocycles. The Morgan fingerprint density at radius 2 is 2.20 bits per heavy atom. The topological polar surface area (TPSA) is 24.9 Å². The van der Waals surface area contributed by atoms with Gasteiger partial charge in [-0.05, 0) is 24.6 Å². The molecule has 78 valence electrons. The van der Waals surface area contributed by atoms with Gasteiger partial charge in [0.2, 0.25) is 0 Å². The van der Waals surface area contributed by atoms with Gasteiger partial charge >= 0.3 is 0 Å². The normalized spacial score (nSPS) is 10.8. The molecule has 1 aromatic carbocycles. The first-order valence-corrected chi connectivity index (χ1v) is 5.79. The summed E-state index contributed by atoms with van der Waals surface area (Å²) in [5.41, 5.74) is 1.15. The molecule has 0 radical (unpaired) electrons. The zero-order valence-corrected chi connectivity index (χ0v) is 10.2. The third-order valence-corrected chi connectivity index (χ3v) is 3.09. The van der Waals surface area contributed by atoms with Crippen LogP contribution in [0.2, 0.25) is 0 Å². The maximum atomic E-state index is 4.44. The van der Waals surface area contributed by atoms with E-state index in [4.69, 9.17) is 0 Å². The minimum atomic E-state index is 0.952. The van der Waals surface area contributed by atoms with E-state index in [1.807, 2.05) is 25.4 Å². The molecule has 2 rings (SSSR count). The molecule has 0 aliphatic rings. The quantitative estimate of drug-likeness (QED) is 0.923. The molecule has 0 amide bonds. The van der Waals surface area contributed by atoms with E-state index in [1.165, 1.54) is 10.8 Å². The number of fused-ring (bicyclic) bond motifs is 1. The third-order valence-electron chi connectivity index (χ3n) is 2.43. The van der Waals surface area contributed by atoms with Crippen molar-refractivity contribution in [2.45, 2.75) is 6.42 Å². The van der Waals surface area contributed by atoms with Gasteiger partial charge in [-0.2, -0.15) is 0 Å². The fraction of sp³-hybridized carbons (Fsp3) is 0.250. The Morgan fingerprint density at radius 1 is 1.33 bits per heavy atom. The van der Waals surface area contributed by atoms with E-state index >= 15 is 0 Å². The van der Waals surface area contributed by atoms with Crippen molar-refractivity contribution in [3.63, 3.8) is 0 Å². The first kappa shape index (κ1) is 10.6. The lowest BCUT2D eigenvalue weighted by Gasteiger charge is -2.06. The van der Waals surface area contributed by atoms with Gasteiger partial charge in [-0.15, -0.1) is 0 Å². The number of rotatable bonds is 3. The molecular weight excluding hydrogens is 252 g/mol. The van der Waals surface area contributed by atoms with Crippen LogP contribution in [0.1, 0.15) is 5.69 Å². The van der Waals surface area contributed by atoms with Crippen molar-refractivity contribution in [3.8, 4) is 0 Å². The van der Waals surface area contributed by atoms with E-state index in [0.717, 1.165) is 23.1 Å². The summed E-state index contributed by atoms with van der Waals surface area (Å²) in [6, 6.07) is 8.27. The van der Waals surface area contributed by atoms with Crippen molar-refractivity contribution < 1.29 is 0 Å². The summed E-state index contributed by atoms with van der Waals surface area (Å²) in [5.74, 6) is 0. The highest BCUT2D eigenvalue weighted by Crippen LogP contribution is 2.25. The van der Waals surface area contributed by atoms with Gasteiger partial charge in [0, 0.05) is 29.0 Å². The molecule has 0 aliphatic carbocycles. The van der Waals surface area contributed by atoms with E-state index in [1.54, 1.807) is 0 Å². The predicted octanol–water partition coefficient (Wildman–Crippen LogP) is 2.76. The van der Waals surface area contributed by atoms with Gasteiger partial charge in [-0.1, -0.05) is 28.1 Å². The predicted molar refractivity (Wildman–Crippen MR) is 67.1 cm³/mol. The molecule has 3 heteroatoms. The lowest BCUT2D eigenvalue weighted by atomic mass is 10.1. The average molecular weight is 265 g/mol. The van der Waals surface area contributed by atoms with Crippen molar-refractivity contribution in [2.24, 2.45) is 0 Å². The number of likely N-dealkylation sites (N-methyl/N-ethyl adjacent to an activating group) is 1. The SMILES string of the molecule is CNCCc1nccc2cccc(Br)c12. The largest absolute Gasteiger partial charge is 0.319 e. The van der Waals surface area contributed by atoms with Crippen LogP contribution < -0.4 is 5.32 Å². The maximum Gasteiger partial charge on any atom is 0.0505 e. The van der Waals surface area contributed by atoms with Crippen molar-refractivity contribution in [1.82, 2.24) is 10.3 Å². The van der Waals surface area contributed by atoms with Crippen molar-refractivity contribution in [2.75, 3.05) is 13.6 Å². The van der Waals surface area contributed by atoms with Crippen LogP contribution >= 0.6 is 15.9 Å². The standard InChI is InChI=1S/C12H13BrN2/c1-14-7-6-11-12-9(5-8-15-11)3-2-4-10(12)13/h2-5,8,14H,6-7H2,1H3. The van der Waals surface area contributed by atoms with Crippen molar-refractivity contribution in [3.05, 3.63) is 40.6 Å². The third kappa shape index (κ3) is 2.19. The Kier molecular flexibility index (Phi) is 3.34. The summed E-state index contributed by atoms with van der Waals surface area (Å²) in [4.78, 5) is 4.44. The highest BCUT2D eigenvalue weighted by molar-refractivity contribution is 9.10. The first-order valence-electron chi connectivity index (χ1n) is 4.99. The van der Waals surface area contributed by atoms with Gasteiger partial charge in [0.25, 0.3) is 0 Å². The molecule has 1 heterocycles. The second kappa shape index (κ2) is 4.73. The second-order valence-corrected chi connectivity index (χ2v) is 4.30. The highest BCUT2D eigenvalue weighted by atomic mass is 79.9. The zero-order valence-electron chi connectivity index (χ0n) is 8.63. The number of pyridine rings is 1. The fourth-order valence-corrected chi connectivity index (χ4v) is 2.30. The molecule has 0 spiro atoms. The van der Waals surface area contributed by atoms with E-state index in [0.29, 0.717) is 0 Å². The molecular formula is C12H13BrN2. The Bertz CT molecular complexity index is 463. The molecule has 0 fully saturated rings. The van der Waals surface area contributed by atoms with Gasteiger partial charge in [0.15, 0.2) is 0 Å². The Balaban J connectivity index is 2.53. The summed E-state index contributed by atoms with van der Waals surface area (Å²) in [6.07, 6.45) is 2.83. The second-order valence-electron chi connectivity index (χ2n) is 3.45. The summed E-state index contributed by atoms with van der Waals surface area (Å²) in [6.45, 7) is 0.952. The Labute approximate surface area is 97.8 Å². The smallest absolute Gasteiger partial charge is 0.0505 e. The van der Waals surface area contributed by atoms with Crippen LogP contribution in [0.3, 0.4) is 0 Å². The van der Waals surface area contributed by atoms with E-state index in [-0.39, 0.29) is 0 Å². The minimum absolute atomic E-state index is 0.952. The molecule has 0 unspecified atom stereocenters. The van der Waals surface area contributed by atoms with Crippen LogP contribution in [0.5, 0.6) is 0 Å². The number of benzene rings is 1. The number of nitrogens with one attached hydrogen (secondary N) is 1. The van der Waals surface area contributed by atoms with Gasteiger partial charge in [-0.25, -0.2) is 0 Å². The summed E-state index contributed by atoms with van der Waals surface area (Å²) < 4.78 is 1.12. The Hall–Kier alpha value is -0.930. The zero-order chi connectivity index (χ0) is 10.7. The van der Waals surface area contributed by atoms with Crippen LogP contribution in [0.25, 0.3) is 10.8 Å². The summed E-state index contributed by atoms with van der Waals surface area (Å²) >= 11 is 3.58. The highest BCUT2D eigenvalue weighted by Gasteiger charge is 2.04. The minimum Gasteiger partial charge on any atom is -0.319 e. The van der Waals surface area contributed by atoms with E-state index < -0.39 is 0 Å². The average Bonchev–Trinajstić information content (AvgIpc) is 2.26. The molecule has 0 aliphatic heterocycles. The van der Waals surface area contributed by atoms with Crippen LogP contribution in [0, 0.1) is 0 Å². The van der Waals surface area contributed by atoms with E-state index in [2.05, 4.69) is 38.4 Å². The first-order chi connectivity index (χ1) is 7.33. The number of halogens is 1. The molecule has 1 N–H and O–H groups in total. The number of aromatic nitrogens is 1. The van der Waals surface area contributed by atoms with E-state index in [9.17, 15) is 0 Å². The number of hydrogen-bond donors (Lipinski definition) is 1. The van der Waals surface area contributed by atoms with Crippen molar-refractivity contribution >= 4 is 26.7 Å². The molecule has 2 aromatic rings. The molecule has 0 atom stereocenters. The van der Waals surface area contributed by atoms with Crippen LogP contribution in [-0.2, 0) is 6.42 Å². The van der Waals surface area contributed by atoms with Crippen LogP contribution in [0.15, 0.2) is 34.9 Å². The molecule has 15 heavy (non-hydrogen) atoms. The van der Waals surface area contributed by atoms with Gasteiger partial charge in [0.1, 0.15) is 0 Å². The van der Waals surface area contributed by atoms with Gasteiger partial charge in [-0.3, -0.25) is 4.98 Å². The maximum absolute atomic E-state index is 4.44. The van der Waals surface area contributed by atoms with Gasteiger partial charge in [0.05, 0.1) is 5.69 Å². The van der Waals surface area contributed by atoms with Gasteiger partial charge < -0.3 is 5.32 Å². The molecule has 1 aromatic heterocycles. The monoisotopic (exact) mass is 264 g/mol. The lowest BCUT2D eigenvalue weighted by Crippen LogP contribution is -2.11. The molecule has 2 nitrogen and oxygen atoms in total. The number of nitrogens with zero attached hydrogens (tertiary/aromatic N) is 1. The molecule has 0 saturated carbocycles. The molecule has 0 bridgehead atoms. The van der Waals surface area contributed by atoms with Crippen molar-refractivity contribution in [1.29, 1.82) is 0 Å². The summed E-state index contributed by atoms with van der Waals surface area (Å²) in [5, 5.41) is 5.62. The lowest BCUT2D eigenvalue weighted by molar-refractivity contribution is 0.781. The number of hydrogen-bond acceptors (Lipinski definition) is 2. The van der Waals surface area contributed by atoms with Crippen LogP contribution in [0.4, 0.5) is 0 Å². The fourth-order valence-electron chi connectivity index (χ4n) is 1.69. The summed E-state index contributed by atoms with van der Waals surface area (Å²) in [7, 11) is 1.96. The Morgan fingerprint density at radius 3 is 3.00 bits per heavy atom. The van der Waals surface area contributed by atoms with Crippen LogP contribution in [-0.4, -0.2) is 18.6 Å².